The number of nitrogens with one attached hydrogen (secondary N) is 1. The molecule has 88 valence electrons. The molecule has 0 radical (unpaired) electrons. The first-order valence-corrected chi connectivity index (χ1v) is 5.68. The molecule has 0 aliphatic carbocycles. The second kappa shape index (κ2) is 4.85. The van der Waals surface area contributed by atoms with Crippen LogP contribution in [0.5, 0.6) is 5.75 Å². The summed E-state index contributed by atoms with van der Waals surface area (Å²) in [5.41, 5.74) is 3.76. The van der Waals surface area contributed by atoms with Crippen LogP contribution in [0.1, 0.15) is 22.7 Å². The van der Waals surface area contributed by atoms with Gasteiger partial charge in [0.2, 0.25) is 0 Å². The molecule has 1 aliphatic rings. The summed E-state index contributed by atoms with van der Waals surface area (Å²) in [7, 11) is 1.72. The molecular weight excluding hydrogens is 202 g/mol. The zero-order valence-corrected chi connectivity index (χ0v) is 10.2. The summed E-state index contributed by atoms with van der Waals surface area (Å²) in [5.74, 6) is 0.950. The summed E-state index contributed by atoms with van der Waals surface area (Å²) >= 11 is 0. The Balaban J connectivity index is 2.33. The molecule has 1 unspecified atom stereocenters. The quantitative estimate of drug-likeness (QED) is 0.828. The van der Waals surface area contributed by atoms with E-state index in [0.717, 1.165) is 25.5 Å². The summed E-state index contributed by atoms with van der Waals surface area (Å²) in [4.78, 5) is 0. The maximum absolute atomic E-state index is 5.49. The van der Waals surface area contributed by atoms with Crippen molar-refractivity contribution in [2.45, 2.75) is 19.9 Å². The second-order valence-electron chi connectivity index (χ2n) is 4.26. The SMILES string of the molecule is COc1cc(C)c(C)cc1C1COCCN1. The van der Waals surface area contributed by atoms with Crippen LogP contribution in [-0.2, 0) is 4.74 Å². The Hall–Kier alpha value is -1.06. The molecule has 0 amide bonds. The fraction of sp³-hybridized carbons (Fsp3) is 0.538. The number of methoxy groups -OCH3 is 1. The van der Waals surface area contributed by atoms with Crippen LogP contribution in [0.15, 0.2) is 12.1 Å². The lowest BCUT2D eigenvalue weighted by atomic mass is 9.99. The zero-order valence-electron chi connectivity index (χ0n) is 10.2. The van der Waals surface area contributed by atoms with Crippen molar-refractivity contribution in [1.29, 1.82) is 0 Å². The van der Waals surface area contributed by atoms with E-state index >= 15 is 0 Å². The van der Waals surface area contributed by atoms with Crippen LogP contribution in [0.25, 0.3) is 0 Å². The predicted molar refractivity (Wildman–Crippen MR) is 64.0 cm³/mol. The lowest BCUT2D eigenvalue weighted by Crippen LogP contribution is -2.34. The third kappa shape index (κ3) is 2.20. The third-order valence-electron chi connectivity index (χ3n) is 3.14. The van der Waals surface area contributed by atoms with E-state index in [4.69, 9.17) is 9.47 Å². The van der Waals surface area contributed by atoms with Gasteiger partial charge in [-0.2, -0.15) is 0 Å². The Bertz CT molecular complexity index is 370. The van der Waals surface area contributed by atoms with Crippen LogP contribution >= 0.6 is 0 Å². The maximum atomic E-state index is 5.49. The second-order valence-corrected chi connectivity index (χ2v) is 4.26. The molecular formula is C13H19NO2. The standard InChI is InChI=1S/C13H19NO2/c1-9-6-11(12-8-16-5-4-14-12)13(15-3)7-10(9)2/h6-7,12,14H,4-5,8H2,1-3H3. The molecule has 0 spiro atoms. The van der Waals surface area contributed by atoms with Crippen molar-refractivity contribution in [3.05, 3.63) is 28.8 Å². The molecule has 1 aromatic rings. The first-order chi connectivity index (χ1) is 7.72. The number of morpholine rings is 1. The lowest BCUT2D eigenvalue weighted by molar-refractivity contribution is 0.0760. The minimum absolute atomic E-state index is 0.253. The molecule has 1 atom stereocenters. The molecule has 1 saturated heterocycles. The highest BCUT2D eigenvalue weighted by Gasteiger charge is 2.19. The third-order valence-corrected chi connectivity index (χ3v) is 3.14. The molecule has 1 aliphatic heterocycles. The molecule has 1 N–H and O–H groups in total. The van der Waals surface area contributed by atoms with Crippen LogP contribution in [0, 0.1) is 13.8 Å². The largest absolute Gasteiger partial charge is 0.496 e. The van der Waals surface area contributed by atoms with Crippen molar-refractivity contribution >= 4 is 0 Å². The molecule has 0 saturated carbocycles. The van der Waals surface area contributed by atoms with Crippen molar-refractivity contribution in [2.75, 3.05) is 26.9 Å². The van der Waals surface area contributed by atoms with Gasteiger partial charge in [-0.1, -0.05) is 6.07 Å². The van der Waals surface area contributed by atoms with Crippen molar-refractivity contribution in [2.24, 2.45) is 0 Å². The highest BCUT2D eigenvalue weighted by atomic mass is 16.5. The number of ether oxygens (including phenoxy) is 2. The fourth-order valence-corrected chi connectivity index (χ4v) is 2.03. The first-order valence-electron chi connectivity index (χ1n) is 5.68. The Morgan fingerprint density at radius 3 is 2.69 bits per heavy atom. The van der Waals surface area contributed by atoms with Crippen LogP contribution < -0.4 is 10.1 Å². The minimum Gasteiger partial charge on any atom is -0.496 e. The smallest absolute Gasteiger partial charge is 0.124 e. The minimum atomic E-state index is 0.253. The predicted octanol–water partition coefficient (Wildman–Crippen LogP) is 1.97. The lowest BCUT2D eigenvalue weighted by Gasteiger charge is -2.26. The van der Waals surface area contributed by atoms with Gasteiger partial charge < -0.3 is 14.8 Å². The van der Waals surface area contributed by atoms with Gasteiger partial charge in [0.15, 0.2) is 0 Å². The summed E-state index contributed by atoms with van der Waals surface area (Å²) in [6.45, 7) is 6.65. The van der Waals surface area contributed by atoms with Gasteiger partial charge in [0.25, 0.3) is 0 Å². The number of benzene rings is 1. The highest BCUT2D eigenvalue weighted by Crippen LogP contribution is 2.29. The van der Waals surface area contributed by atoms with Gasteiger partial charge in [0.1, 0.15) is 5.75 Å². The molecule has 16 heavy (non-hydrogen) atoms. The van der Waals surface area contributed by atoms with Gasteiger partial charge in [-0.05, 0) is 31.0 Å². The Labute approximate surface area is 96.8 Å². The number of hydrogen-bond donors (Lipinski definition) is 1. The Morgan fingerprint density at radius 2 is 2.06 bits per heavy atom. The van der Waals surface area contributed by atoms with E-state index < -0.39 is 0 Å². The van der Waals surface area contributed by atoms with E-state index in [1.165, 1.54) is 16.7 Å². The van der Waals surface area contributed by atoms with E-state index in [9.17, 15) is 0 Å². The fourth-order valence-electron chi connectivity index (χ4n) is 2.03. The highest BCUT2D eigenvalue weighted by molar-refractivity contribution is 5.43. The monoisotopic (exact) mass is 221 g/mol. The summed E-state index contributed by atoms with van der Waals surface area (Å²) < 4.78 is 10.9. The van der Waals surface area contributed by atoms with E-state index in [1.807, 2.05) is 0 Å². The van der Waals surface area contributed by atoms with E-state index in [-0.39, 0.29) is 6.04 Å². The van der Waals surface area contributed by atoms with Gasteiger partial charge in [0.05, 0.1) is 26.4 Å². The number of rotatable bonds is 2. The molecule has 0 bridgehead atoms. The molecule has 1 fully saturated rings. The van der Waals surface area contributed by atoms with Crippen LogP contribution in [0.2, 0.25) is 0 Å². The van der Waals surface area contributed by atoms with E-state index in [2.05, 4.69) is 31.3 Å². The summed E-state index contributed by atoms with van der Waals surface area (Å²) in [6.07, 6.45) is 0. The van der Waals surface area contributed by atoms with Gasteiger partial charge in [-0.3, -0.25) is 0 Å². The van der Waals surface area contributed by atoms with Gasteiger partial charge in [0, 0.05) is 12.1 Å². The van der Waals surface area contributed by atoms with Gasteiger partial charge >= 0.3 is 0 Å². The number of hydrogen-bond acceptors (Lipinski definition) is 3. The zero-order chi connectivity index (χ0) is 11.5. The average molecular weight is 221 g/mol. The van der Waals surface area contributed by atoms with E-state index in [0.29, 0.717) is 0 Å². The normalized spacial score (nSPS) is 20.8. The van der Waals surface area contributed by atoms with Crippen molar-refractivity contribution in [3.63, 3.8) is 0 Å². The van der Waals surface area contributed by atoms with Crippen LogP contribution in [0.3, 0.4) is 0 Å². The number of aryl methyl sites for hydroxylation is 2. The van der Waals surface area contributed by atoms with Crippen molar-refractivity contribution in [3.8, 4) is 5.75 Å². The maximum Gasteiger partial charge on any atom is 0.124 e. The van der Waals surface area contributed by atoms with Crippen molar-refractivity contribution in [1.82, 2.24) is 5.32 Å². The molecule has 0 aromatic heterocycles. The molecule has 1 aromatic carbocycles. The Morgan fingerprint density at radius 1 is 1.31 bits per heavy atom. The van der Waals surface area contributed by atoms with Crippen LogP contribution in [-0.4, -0.2) is 26.9 Å². The van der Waals surface area contributed by atoms with Gasteiger partial charge in [-0.15, -0.1) is 0 Å². The van der Waals surface area contributed by atoms with Crippen LogP contribution in [0.4, 0.5) is 0 Å². The van der Waals surface area contributed by atoms with Gasteiger partial charge in [-0.25, -0.2) is 0 Å². The molecule has 1 heterocycles. The topological polar surface area (TPSA) is 30.5 Å². The summed E-state index contributed by atoms with van der Waals surface area (Å²) in [6, 6.07) is 4.55. The first kappa shape index (κ1) is 11.4. The van der Waals surface area contributed by atoms with E-state index in [1.54, 1.807) is 7.11 Å². The molecule has 3 nitrogen and oxygen atoms in total. The Kier molecular flexibility index (Phi) is 3.46. The molecule has 3 heteroatoms. The molecule has 2 rings (SSSR count). The van der Waals surface area contributed by atoms with Crippen molar-refractivity contribution < 1.29 is 9.47 Å². The summed E-state index contributed by atoms with van der Waals surface area (Å²) in [5, 5.41) is 3.45. The average Bonchev–Trinajstić information content (AvgIpc) is 2.33.